The molecule has 1 aromatic rings. The molecule has 1 aliphatic heterocycles. The molecule has 0 fully saturated rings. The molecule has 0 unspecified atom stereocenters. The van der Waals surface area contributed by atoms with Gasteiger partial charge in [-0.3, -0.25) is 4.90 Å². The Balaban J connectivity index is 2.17. The van der Waals surface area contributed by atoms with Crippen molar-refractivity contribution in [2.75, 3.05) is 18.4 Å². The maximum atomic E-state index is 3.53. The minimum absolute atomic E-state index is 0.606. The van der Waals surface area contributed by atoms with Crippen LogP contribution in [0.2, 0.25) is 0 Å². The van der Waals surface area contributed by atoms with Crippen molar-refractivity contribution in [3.05, 3.63) is 29.3 Å². The molecule has 0 amide bonds. The third kappa shape index (κ3) is 3.73. The SMILES string of the molecule is CC(C)CN(Cc1cccc2c1CCCN2)C(C)C. The van der Waals surface area contributed by atoms with E-state index >= 15 is 0 Å². The van der Waals surface area contributed by atoms with Gasteiger partial charge < -0.3 is 5.32 Å². The Labute approximate surface area is 118 Å². The fourth-order valence-electron chi connectivity index (χ4n) is 2.88. The van der Waals surface area contributed by atoms with Crippen molar-refractivity contribution in [2.45, 2.75) is 53.1 Å². The van der Waals surface area contributed by atoms with Crippen molar-refractivity contribution in [1.29, 1.82) is 0 Å². The Kier molecular flexibility index (Phi) is 4.87. The molecule has 0 spiro atoms. The maximum Gasteiger partial charge on any atom is 0.0375 e. The summed E-state index contributed by atoms with van der Waals surface area (Å²) < 4.78 is 0. The van der Waals surface area contributed by atoms with Gasteiger partial charge in [0.2, 0.25) is 0 Å². The molecule has 19 heavy (non-hydrogen) atoms. The van der Waals surface area contributed by atoms with Crippen LogP contribution in [-0.2, 0) is 13.0 Å². The zero-order valence-corrected chi connectivity index (χ0v) is 12.9. The van der Waals surface area contributed by atoms with Gasteiger partial charge in [0.15, 0.2) is 0 Å². The molecule has 2 rings (SSSR count). The monoisotopic (exact) mass is 260 g/mol. The predicted octanol–water partition coefficient (Wildman–Crippen LogP) is 3.91. The molecule has 0 saturated heterocycles. The number of nitrogens with one attached hydrogen (secondary N) is 1. The number of rotatable bonds is 5. The van der Waals surface area contributed by atoms with Crippen LogP contribution < -0.4 is 5.32 Å². The summed E-state index contributed by atoms with van der Waals surface area (Å²) in [4.78, 5) is 2.59. The smallest absolute Gasteiger partial charge is 0.0375 e. The lowest BCUT2D eigenvalue weighted by Gasteiger charge is -2.30. The number of benzene rings is 1. The highest BCUT2D eigenvalue weighted by atomic mass is 15.1. The number of nitrogens with zero attached hydrogens (tertiary/aromatic N) is 1. The van der Waals surface area contributed by atoms with Crippen LogP contribution >= 0.6 is 0 Å². The average Bonchev–Trinajstić information content (AvgIpc) is 2.37. The van der Waals surface area contributed by atoms with Crippen LogP contribution in [0.15, 0.2) is 18.2 Å². The van der Waals surface area contributed by atoms with Gasteiger partial charge in [0.25, 0.3) is 0 Å². The topological polar surface area (TPSA) is 15.3 Å². The molecule has 0 radical (unpaired) electrons. The van der Waals surface area contributed by atoms with Crippen LogP contribution in [-0.4, -0.2) is 24.0 Å². The lowest BCUT2D eigenvalue weighted by atomic mass is 9.97. The summed E-state index contributed by atoms with van der Waals surface area (Å²) in [5.41, 5.74) is 4.42. The van der Waals surface area contributed by atoms with Gasteiger partial charge in [-0.15, -0.1) is 0 Å². The first-order valence-corrected chi connectivity index (χ1v) is 7.66. The summed E-state index contributed by atoms with van der Waals surface area (Å²) in [5, 5.41) is 3.53. The van der Waals surface area contributed by atoms with E-state index in [4.69, 9.17) is 0 Å². The fraction of sp³-hybridized carbons (Fsp3) is 0.647. The highest BCUT2D eigenvalue weighted by Gasteiger charge is 2.17. The van der Waals surface area contributed by atoms with Crippen molar-refractivity contribution in [3.63, 3.8) is 0 Å². The van der Waals surface area contributed by atoms with E-state index in [0.717, 1.165) is 19.0 Å². The van der Waals surface area contributed by atoms with Crippen molar-refractivity contribution < 1.29 is 0 Å². The molecular formula is C17H28N2. The van der Waals surface area contributed by atoms with E-state index in [0.29, 0.717) is 6.04 Å². The highest BCUT2D eigenvalue weighted by Crippen LogP contribution is 2.26. The Morgan fingerprint density at radius 1 is 1.21 bits per heavy atom. The van der Waals surface area contributed by atoms with E-state index in [2.05, 4.69) is 56.1 Å². The fourth-order valence-corrected chi connectivity index (χ4v) is 2.88. The largest absolute Gasteiger partial charge is 0.385 e. The molecule has 0 aromatic heterocycles. The van der Waals surface area contributed by atoms with E-state index in [1.165, 1.54) is 30.6 Å². The Morgan fingerprint density at radius 3 is 2.68 bits per heavy atom. The molecule has 2 nitrogen and oxygen atoms in total. The second-order valence-electron chi connectivity index (χ2n) is 6.39. The standard InChI is InChI=1S/C17H28N2/c1-13(2)11-19(14(3)4)12-15-7-5-9-17-16(15)8-6-10-18-17/h5,7,9,13-14,18H,6,8,10-12H2,1-4H3. The highest BCUT2D eigenvalue weighted by molar-refractivity contribution is 5.56. The van der Waals surface area contributed by atoms with Gasteiger partial charge in [-0.05, 0) is 49.8 Å². The number of hydrogen-bond donors (Lipinski definition) is 1. The zero-order chi connectivity index (χ0) is 13.8. The molecule has 1 N–H and O–H groups in total. The summed E-state index contributed by atoms with van der Waals surface area (Å²) in [6.45, 7) is 12.6. The molecule has 0 aliphatic carbocycles. The van der Waals surface area contributed by atoms with Crippen molar-refractivity contribution in [1.82, 2.24) is 4.90 Å². The molecule has 0 bridgehead atoms. The second-order valence-corrected chi connectivity index (χ2v) is 6.39. The van der Waals surface area contributed by atoms with E-state index < -0.39 is 0 Å². The quantitative estimate of drug-likeness (QED) is 0.863. The van der Waals surface area contributed by atoms with E-state index in [1.54, 1.807) is 5.56 Å². The van der Waals surface area contributed by atoms with Crippen LogP contribution in [0.25, 0.3) is 0 Å². The molecule has 0 atom stereocenters. The number of fused-ring (bicyclic) bond motifs is 1. The van der Waals surface area contributed by atoms with Gasteiger partial charge in [-0.2, -0.15) is 0 Å². The third-order valence-corrected chi connectivity index (χ3v) is 3.90. The second kappa shape index (κ2) is 6.42. The lowest BCUT2D eigenvalue weighted by molar-refractivity contribution is 0.188. The molecule has 1 aromatic carbocycles. The summed E-state index contributed by atoms with van der Waals surface area (Å²) in [5.74, 6) is 0.722. The molecule has 1 heterocycles. The number of anilines is 1. The summed E-state index contributed by atoms with van der Waals surface area (Å²) in [6.07, 6.45) is 2.49. The first-order chi connectivity index (χ1) is 9.08. The van der Waals surface area contributed by atoms with E-state index in [9.17, 15) is 0 Å². The maximum absolute atomic E-state index is 3.53. The summed E-state index contributed by atoms with van der Waals surface area (Å²) >= 11 is 0. The van der Waals surface area contributed by atoms with Gasteiger partial charge in [0, 0.05) is 31.4 Å². The number of hydrogen-bond acceptors (Lipinski definition) is 2. The minimum Gasteiger partial charge on any atom is -0.385 e. The minimum atomic E-state index is 0.606. The predicted molar refractivity (Wildman–Crippen MR) is 83.6 cm³/mol. The Morgan fingerprint density at radius 2 is 2.00 bits per heavy atom. The summed E-state index contributed by atoms with van der Waals surface area (Å²) in [7, 11) is 0. The molecule has 2 heteroatoms. The van der Waals surface area contributed by atoms with Gasteiger partial charge in [0.1, 0.15) is 0 Å². The van der Waals surface area contributed by atoms with Crippen molar-refractivity contribution in [2.24, 2.45) is 5.92 Å². The van der Waals surface area contributed by atoms with Crippen LogP contribution in [0.1, 0.15) is 45.2 Å². The van der Waals surface area contributed by atoms with E-state index in [1.807, 2.05) is 0 Å². The average molecular weight is 260 g/mol. The van der Waals surface area contributed by atoms with Crippen LogP contribution in [0.4, 0.5) is 5.69 Å². The van der Waals surface area contributed by atoms with Gasteiger partial charge in [0.05, 0.1) is 0 Å². The van der Waals surface area contributed by atoms with Gasteiger partial charge >= 0.3 is 0 Å². The summed E-state index contributed by atoms with van der Waals surface area (Å²) in [6, 6.07) is 7.33. The molecular weight excluding hydrogens is 232 g/mol. The van der Waals surface area contributed by atoms with Gasteiger partial charge in [-0.1, -0.05) is 26.0 Å². The Bertz CT molecular complexity index is 410. The van der Waals surface area contributed by atoms with Gasteiger partial charge in [-0.25, -0.2) is 0 Å². The third-order valence-electron chi connectivity index (χ3n) is 3.90. The van der Waals surface area contributed by atoms with Crippen LogP contribution in [0.3, 0.4) is 0 Å². The molecule has 1 aliphatic rings. The van der Waals surface area contributed by atoms with E-state index in [-0.39, 0.29) is 0 Å². The van der Waals surface area contributed by atoms with Crippen LogP contribution in [0.5, 0.6) is 0 Å². The normalized spacial score (nSPS) is 14.9. The first kappa shape index (κ1) is 14.4. The molecule has 106 valence electrons. The van der Waals surface area contributed by atoms with Crippen LogP contribution in [0, 0.1) is 5.92 Å². The van der Waals surface area contributed by atoms with Crippen molar-refractivity contribution >= 4 is 5.69 Å². The molecule has 0 saturated carbocycles. The first-order valence-electron chi connectivity index (χ1n) is 7.66. The Hall–Kier alpha value is -1.02. The van der Waals surface area contributed by atoms with Crippen molar-refractivity contribution in [3.8, 4) is 0 Å². The zero-order valence-electron chi connectivity index (χ0n) is 12.9. The lowest BCUT2D eigenvalue weighted by Crippen LogP contribution is -2.34.